The van der Waals surface area contributed by atoms with E-state index in [1.807, 2.05) is 38.1 Å². The van der Waals surface area contributed by atoms with E-state index in [0.717, 1.165) is 17.7 Å². The molecule has 21 heavy (non-hydrogen) atoms. The summed E-state index contributed by atoms with van der Waals surface area (Å²) in [7, 11) is 0. The highest BCUT2D eigenvalue weighted by Crippen LogP contribution is 2.24. The summed E-state index contributed by atoms with van der Waals surface area (Å²) in [6, 6.07) is 6.95. The zero-order valence-corrected chi connectivity index (χ0v) is 12.4. The molecule has 2 rings (SSSR count). The van der Waals surface area contributed by atoms with Crippen LogP contribution in [0.1, 0.15) is 37.3 Å². The van der Waals surface area contributed by atoms with Crippen molar-refractivity contribution in [2.75, 3.05) is 6.54 Å². The van der Waals surface area contributed by atoms with E-state index in [1.54, 1.807) is 0 Å². The third kappa shape index (κ3) is 3.42. The second-order valence-corrected chi connectivity index (χ2v) is 5.59. The maximum atomic E-state index is 12.5. The molecule has 0 bridgehead atoms. The largest absolute Gasteiger partial charge is 0.480 e. The van der Waals surface area contributed by atoms with Crippen LogP contribution in [0.2, 0.25) is 0 Å². The van der Waals surface area contributed by atoms with Gasteiger partial charge in [0.15, 0.2) is 0 Å². The lowest BCUT2D eigenvalue weighted by molar-refractivity contribution is -0.143. The third-order valence-corrected chi connectivity index (χ3v) is 4.19. The van der Waals surface area contributed by atoms with Gasteiger partial charge in [0.1, 0.15) is 6.04 Å². The Morgan fingerprint density at radius 3 is 2.81 bits per heavy atom. The van der Waals surface area contributed by atoms with E-state index in [4.69, 9.17) is 0 Å². The van der Waals surface area contributed by atoms with Gasteiger partial charge in [-0.05, 0) is 17.0 Å². The van der Waals surface area contributed by atoms with Crippen LogP contribution in [0.15, 0.2) is 24.3 Å². The molecule has 1 aliphatic heterocycles. The maximum Gasteiger partial charge on any atom is 0.326 e. The molecular formula is C16H22N2O3. The van der Waals surface area contributed by atoms with Crippen LogP contribution in [-0.4, -0.2) is 29.6 Å². The number of hydrogen-bond donors (Lipinski definition) is 3. The molecule has 114 valence electrons. The van der Waals surface area contributed by atoms with Crippen molar-refractivity contribution in [3.05, 3.63) is 35.4 Å². The molecule has 0 spiro atoms. The van der Waals surface area contributed by atoms with Crippen LogP contribution in [0.5, 0.6) is 0 Å². The molecule has 0 saturated carbocycles. The summed E-state index contributed by atoms with van der Waals surface area (Å²) in [5.41, 5.74) is 2.08. The van der Waals surface area contributed by atoms with Gasteiger partial charge >= 0.3 is 5.97 Å². The van der Waals surface area contributed by atoms with Crippen LogP contribution in [0, 0.1) is 5.92 Å². The highest BCUT2D eigenvalue weighted by atomic mass is 16.4. The van der Waals surface area contributed by atoms with Crippen LogP contribution in [0.25, 0.3) is 0 Å². The monoisotopic (exact) mass is 290 g/mol. The molecule has 3 atom stereocenters. The number of fused-ring (bicyclic) bond motifs is 1. The zero-order chi connectivity index (χ0) is 15.4. The highest BCUT2D eigenvalue weighted by molar-refractivity contribution is 5.89. The second kappa shape index (κ2) is 6.72. The lowest BCUT2D eigenvalue weighted by Gasteiger charge is -2.28. The van der Waals surface area contributed by atoms with Crippen molar-refractivity contribution in [2.24, 2.45) is 5.92 Å². The number of aliphatic carboxylic acids is 1. The maximum absolute atomic E-state index is 12.5. The van der Waals surface area contributed by atoms with Crippen LogP contribution < -0.4 is 10.6 Å². The first-order chi connectivity index (χ1) is 10.0. The van der Waals surface area contributed by atoms with Crippen LogP contribution in [-0.2, 0) is 16.1 Å². The van der Waals surface area contributed by atoms with Crippen molar-refractivity contribution < 1.29 is 14.7 Å². The van der Waals surface area contributed by atoms with E-state index in [0.29, 0.717) is 13.0 Å². The quantitative estimate of drug-likeness (QED) is 0.767. The molecule has 1 aromatic carbocycles. The number of hydrogen-bond acceptors (Lipinski definition) is 3. The molecule has 1 aliphatic rings. The Labute approximate surface area is 124 Å². The van der Waals surface area contributed by atoms with Crippen molar-refractivity contribution in [3.8, 4) is 0 Å². The molecule has 0 saturated heterocycles. The third-order valence-electron chi connectivity index (χ3n) is 4.19. The Bertz CT molecular complexity index is 530. The Hall–Kier alpha value is -1.88. The minimum Gasteiger partial charge on any atom is -0.480 e. The molecule has 1 aromatic rings. The van der Waals surface area contributed by atoms with Gasteiger partial charge in [-0.3, -0.25) is 4.79 Å². The number of amides is 1. The molecular weight excluding hydrogens is 268 g/mol. The fraction of sp³-hybridized carbons (Fsp3) is 0.500. The van der Waals surface area contributed by atoms with Gasteiger partial charge in [0.2, 0.25) is 5.91 Å². The Morgan fingerprint density at radius 1 is 1.43 bits per heavy atom. The SMILES string of the molecule is CCC(C)C(NC(=O)C1CNCc2ccccc21)C(=O)O. The minimum absolute atomic E-state index is 0.0988. The first-order valence-corrected chi connectivity index (χ1v) is 7.36. The van der Waals surface area contributed by atoms with Gasteiger partial charge in [0, 0.05) is 13.1 Å². The van der Waals surface area contributed by atoms with Gasteiger partial charge in [-0.1, -0.05) is 44.5 Å². The summed E-state index contributed by atoms with van der Waals surface area (Å²) in [5, 5.41) is 15.2. The first-order valence-electron chi connectivity index (χ1n) is 7.36. The van der Waals surface area contributed by atoms with Crippen molar-refractivity contribution in [1.82, 2.24) is 10.6 Å². The van der Waals surface area contributed by atoms with Crippen LogP contribution in [0.4, 0.5) is 0 Å². The number of carboxylic acids is 1. The molecule has 0 aromatic heterocycles. The van der Waals surface area contributed by atoms with E-state index in [-0.39, 0.29) is 17.7 Å². The van der Waals surface area contributed by atoms with Crippen molar-refractivity contribution in [1.29, 1.82) is 0 Å². The van der Waals surface area contributed by atoms with E-state index in [9.17, 15) is 14.7 Å². The van der Waals surface area contributed by atoms with Gasteiger partial charge in [-0.15, -0.1) is 0 Å². The lowest BCUT2D eigenvalue weighted by atomic mass is 9.89. The lowest BCUT2D eigenvalue weighted by Crippen LogP contribution is -2.49. The number of carbonyl (C=O) groups excluding carboxylic acids is 1. The van der Waals surface area contributed by atoms with Gasteiger partial charge in [0.25, 0.3) is 0 Å². The summed E-state index contributed by atoms with van der Waals surface area (Å²) in [6.45, 7) is 5.04. The smallest absolute Gasteiger partial charge is 0.326 e. The Morgan fingerprint density at radius 2 is 2.14 bits per heavy atom. The first kappa shape index (κ1) is 15.5. The van der Waals surface area contributed by atoms with Crippen LogP contribution >= 0.6 is 0 Å². The summed E-state index contributed by atoms with van der Waals surface area (Å²) in [5.74, 6) is -1.63. The molecule has 0 radical (unpaired) electrons. The number of benzene rings is 1. The number of rotatable bonds is 5. The second-order valence-electron chi connectivity index (χ2n) is 5.59. The minimum atomic E-state index is -0.977. The van der Waals surface area contributed by atoms with Gasteiger partial charge in [-0.25, -0.2) is 4.79 Å². The van der Waals surface area contributed by atoms with Crippen LogP contribution in [0.3, 0.4) is 0 Å². The van der Waals surface area contributed by atoms with E-state index < -0.39 is 12.0 Å². The molecule has 0 aliphatic carbocycles. The number of nitrogens with one attached hydrogen (secondary N) is 2. The van der Waals surface area contributed by atoms with Crippen molar-refractivity contribution in [3.63, 3.8) is 0 Å². The summed E-state index contributed by atoms with van der Waals surface area (Å²) >= 11 is 0. The molecule has 1 amide bonds. The fourth-order valence-corrected chi connectivity index (χ4v) is 2.67. The molecule has 3 N–H and O–H groups in total. The summed E-state index contributed by atoms with van der Waals surface area (Å²) in [4.78, 5) is 23.8. The summed E-state index contributed by atoms with van der Waals surface area (Å²) < 4.78 is 0. The fourth-order valence-electron chi connectivity index (χ4n) is 2.67. The molecule has 0 fully saturated rings. The molecule has 1 heterocycles. The van der Waals surface area contributed by atoms with Gasteiger partial charge < -0.3 is 15.7 Å². The normalized spacial score (nSPS) is 20.2. The van der Waals surface area contributed by atoms with E-state index in [1.165, 1.54) is 0 Å². The Balaban J connectivity index is 2.15. The molecule has 5 nitrogen and oxygen atoms in total. The van der Waals surface area contributed by atoms with Crippen molar-refractivity contribution >= 4 is 11.9 Å². The van der Waals surface area contributed by atoms with Gasteiger partial charge in [-0.2, -0.15) is 0 Å². The van der Waals surface area contributed by atoms with E-state index in [2.05, 4.69) is 10.6 Å². The van der Waals surface area contributed by atoms with Crippen molar-refractivity contribution in [2.45, 2.75) is 38.8 Å². The topological polar surface area (TPSA) is 78.4 Å². The highest BCUT2D eigenvalue weighted by Gasteiger charge is 2.31. The van der Waals surface area contributed by atoms with Gasteiger partial charge in [0.05, 0.1) is 5.92 Å². The Kier molecular flexibility index (Phi) is 4.96. The number of carboxylic acid groups (broad SMARTS) is 1. The van der Waals surface area contributed by atoms with E-state index >= 15 is 0 Å². The average molecular weight is 290 g/mol. The predicted molar refractivity (Wildman–Crippen MR) is 79.9 cm³/mol. The molecule has 3 unspecified atom stereocenters. The summed E-state index contributed by atoms with van der Waals surface area (Å²) in [6.07, 6.45) is 0.705. The standard InChI is InChI=1S/C16H22N2O3/c1-3-10(2)14(16(20)21)18-15(19)13-9-17-8-11-6-4-5-7-12(11)13/h4-7,10,13-14,17H,3,8-9H2,1-2H3,(H,18,19)(H,20,21). The number of carbonyl (C=O) groups is 2. The molecule has 5 heteroatoms. The zero-order valence-electron chi connectivity index (χ0n) is 12.4. The average Bonchev–Trinajstić information content (AvgIpc) is 2.50. The predicted octanol–water partition coefficient (Wildman–Crippen LogP) is 1.49.